The molecule has 1 atom stereocenters. The average Bonchev–Trinajstić information content (AvgIpc) is 3.36. The van der Waals surface area contributed by atoms with Crippen LogP contribution in [-0.4, -0.2) is 41.0 Å². The molecule has 1 aliphatic rings. The second kappa shape index (κ2) is 10.7. The number of aliphatic hydroxyl groups excluding tert-OH is 1. The summed E-state index contributed by atoms with van der Waals surface area (Å²) in [6.07, 6.45) is 0. The maximum atomic E-state index is 13.4. The fraction of sp³-hybridized carbons (Fsp3) is 0.259. The van der Waals surface area contributed by atoms with Gasteiger partial charge in [0.2, 0.25) is 0 Å². The number of esters is 1. The summed E-state index contributed by atoms with van der Waals surface area (Å²) in [5.41, 5.74) is 1.81. The van der Waals surface area contributed by atoms with Gasteiger partial charge in [0.1, 0.15) is 16.4 Å². The number of hydrogen-bond donors (Lipinski definition) is 1. The molecule has 1 N–H and O–H groups in total. The van der Waals surface area contributed by atoms with Crippen molar-refractivity contribution in [3.63, 3.8) is 0 Å². The van der Waals surface area contributed by atoms with E-state index in [2.05, 4.69) is 4.98 Å². The number of carbonyl (C=O) groups is 3. The Morgan fingerprint density at radius 3 is 2.54 bits per heavy atom. The number of amides is 1. The van der Waals surface area contributed by atoms with Crippen molar-refractivity contribution >= 4 is 51.5 Å². The highest BCUT2D eigenvalue weighted by Gasteiger charge is 2.48. The van der Waals surface area contributed by atoms with E-state index >= 15 is 0 Å². The Kier molecular flexibility index (Phi) is 7.65. The lowest BCUT2D eigenvalue weighted by molar-refractivity contribution is -0.132. The number of anilines is 1. The molecule has 0 radical (unpaired) electrons. The summed E-state index contributed by atoms with van der Waals surface area (Å²) in [4.78, 5) is 45.0. The lowest BCUT2D eigenvalue weighted by Gasteiger charge is -2.23. The first-order valence-corrected chi connectivity index (χ1v) is 12.8. The van der Waals surface area contributed by atoms with Crippen molar-refractivity contribution in [3.8, 4) is 5.75 Å². The molecule has 1 amide bonds. The second-order valence-electron chi connectivity index (χ2n) is 8.27. The number of ketones is 1. The smallest absolute Gasteiger partial charge is 0.350 e. The zero-order valence-electron chi connectivity index (χ0n) is 20.7. The number of aliphatic hydroxyl groups is 1. The van der Waals surface area contributed by atoms with Gasteiger partial charge in [-0.05, 0) is 69.2 Å². The van der Waals surface area contributed by atoms with E-state index in [1.165, 1.54) is 4.90 Å². The summed E-state index contributed by atoms with van der Waals surface area (Å²) in [7, 11) is 0. The van der Waals surface area contributed by atoms with E-state index in [9.17, 15) is 19.5 Å². The Morgan fingerprint density at radius 2 is 1.89 bits per heavy atom. The van der Waals surface area contributed by atoms with Gasteiger partial charge in [-0.15, -0.1) is 0 Å². The van der Waals surface area contributed by atoms with Gasteiger partial charge in [-0.25, -0.2) is 9.78 Å². The first kappa shape index (κ1) is 26.4. The highest BCUT2D eigenvalue weighted by molar-refractivity contribution is 7.17. The molecule has 1 aliphatic heterocycles. The van der Waals surface area contributed by atoms with E-state index in [1.54, 1.807) is 63.2 Å². The number of aryl methyl sites for hydroxylation is 2. The number of halogens is 1. The van der Waals surface area contributed by atoms with Crippen molar-refractivity contribution in [2.75, 3.05) is 18.1 Å². The van der Waals surface area contributed by atoms with Gasteiger partial charge in [-0.3, -0.25) is 14.5 Å². The van der Waals surface area contributed by atoms with Gasteiger partial charge in [0.05, 0.1) is 30.5 Å². The number of ether oxygens (including phenoxy) is 2. The van der Waals surface area contributed by atoms with Gasteiger partial charge >= 0.3 is 11.9 Å². The van der Waals surface area contributed by atoms with Crippen LogP contribution in [0.1, 0.15) is 51.9 Å². The van der Waals surface area contributed by atoms with E-state index in [-0.39, 0.29) is 27.9 Å². The molecule has 0 bridgehead atoms. The zero-order valence-corrected chi connectivity index (χ0v) is 22.3. The van der Waals surface area contributed by atoms with Crippen LogP contribution in [0.4, 0.5) is 5.13 Å². The second-order valence-corrected chi connectivity index (χ2v) is 9.68. The van der Waals surface area contributed by atoms with Gasteiger partial charge in [0.25, 0.3) is 5.78 Å². The summed E-state index contributed by atoms with van der Waals surface area (Å²) >= 11 is 7.20. The molecule has 1 aromatic heterocycles. The van der Waals surface area contributed by atoms with E-state index in [4.69, 9.17) is 21.1 Å². The number of aromatic nitrogens is 1. The molecule has 2 aromatic carbocycles. The number of benzene rings is 2. The number of thiazole rings is 1. The fourth-order valence-corrected chi connectivity index (χ4v) is 5.38. The molecule has 1 fully saturated rings. The molecule has 2 heterocycles. The molecule has 0 aliphatic carbocycles. The highest BCUT2D eigenvalue weighted by Crippen LogP contribution is 2.44. The Balaban J connectivity index is 1.91. The lowest BCUT2D eigenvalue weighted by atomic mass is 9.94. The minimum absolute atomic E-state index is 0.106. The predicted molar refractivity (Wildman–Crippen MR) is 141 cm³/mol. The van der Waals surface area contributed by atoms with Gasteiger partial charge in [0, 0.05) is 10.6 Å². The van der Waals surface area contributed by atoms with Crippen molar-refractivity contribution in [1.29, 1.82) is 0 Å². The van der Waals surface area contributed by atoms with E-state index < -0.39 is 23.7 Å². The van der Waals surface area contributed by atoms with Gasteiger partial charge < -0.3 is 14.6 Å². The molecule has 4 rings (SSSR count). The SMILES string of the molecule is CCOC(=O)c1sc(N2C(=O)C(=O)/C(=C(/O)c3ccc(OCC)cc3C)C2c2cccc(Cl)c2)nc1C. The molecule has 0 spiro atoms. The van der Waals surface area contributed by atoms with Crippen LogP contribution in [0.25, 0.3) is 5.76 Å². The minimum atomic E-state index is -1.02. The molecule has 10 heteroatoms. The van der Waals surface area contributed by atoms with Gasteiger partial charge in [0.15, 0.2) is 5.13 Å². The summed E-state index contributed by atoms with van der Waals surface area (Å²) in [6.45, 7) is 7.61. The Labute approximate surface area is 223 Å². The minimum Gasteiger partial charge on any atom is -0.507 e. The molecule has 8 nitrogen and oxygen atoms in total. The maximum Gasteiger partial charge on any atom is 0.350 e. The van der Waals surface area contributed by atoms with Crippen LogP contribution in [0.2, 0.25) is 5.02 Å². The van der Waals surface area contributed by atoms with E-state index in [1.807, 2.05) is 6.92 Å². The largest absolute Gasteiger partial charge is 0.507 e. The first-order valence-electron chi connectivity index (χ1n) is 11.6. The number of hydrogen-bond acceptors (Lipinski definition) is 8. The molecule has 3 aromatic rings. The van der Waals surface area contributed by atoms with Crippen LogP contribution in [0.3, 0.4) is 0 Å². The zero-order chi connectivity index (χ0) is 26.9. The first-order chi connectivity index (χ1) is 17.7. The molecule has 0 saturated carbocycles. The third-order valence-corrected chi connectivity index (χ3v) is 7.20. The Hall–Kier alpha value is -3.69. The molecule has 192 valence electrons. The quantitative estimate of drug-likeness (QED) is 0.179. The third kappa shape index (κ3) is 4.97. The van der Waals surface area contributed by atoms with Crippen molar-refractivity contribution in [3.05, 3.63) is 80.3 Å². The van der Waals surface area contributed by atoms with Crippen LogP contribution in [0, 0.1) is 13.8 Å². The van der Waals surface area contributed by atoms with Crippen LogP contribution in [0.15, 0.2) is 48.0 Å². The fourth-order valence-electron chi connectivity index (χ4n) is 4.20. The predicted octanol–water partition coefficient (Wildman–Crippen LogP) is 5.62. The number of nitrogens with zero attached hydrogens (tertiary/aromatic N) is 2. The van der Waals surface area contributed by atoms with Crippen molar-refractivity contribution < 1.29 is 29.0 Å². The van der Waals surface area contributed by atoms with Crippen molar-refractivity contribution in [2.24, 2.45) is 0 Å². The lowest BCUT2D eigenvalue weighted by Crippen LogP contribution is -2.29. The standard InChI is InChI=1S/C27H25ClN2O6S/c1-5-35-18-10-11-19(14(3)12-18)22(31)20-21(16-8-7-9-17(28)13-16)30(25(33)23(20)32)27-29-15(4)24(37-27)26(34)36-6-2/h7-13,21,31H,5-6H2,1-4H3/b22-20+. The molecular formula is C27H25ClN2O6S. The van der Waals surface area contributed by atoms with Gasteiger partial charge in [-0.1, -0.05) is 35.1 Å². The highest BCUT2D eigenvalue weighted by atomic mass is 35.5. The average molecular weight is 541 g/mol. The number of rotatable bonds is 7. The van der Waals surface area contributed by atoms with Crippen LogP contribution in [-0.2, 0) is 14.3 Å². The normalized spacial score (nSPS) is 16.8. The van der Waals surface area contributed by atoms with E-state index in [0.717, 1.165) is 11.3 Å². The van der Waals surface area contributed by atoms with Crippen LogP contribution >= 0.6 is 22.9 Å². The summed E-state index contributed by atoms with van der Waals surface area (Å²) in [5.74, 6) is -2.02. The monoisotopic (exact) mass is 540 g/mol. The summed E-state index contributed by atoms with van der Waals surface area (Å²) in [6, 6.07) is 10.7. The Bertz CT molecular complexity index is 1430. The third-order valence-electron chi connectivity index (χ3n) is 5.83. The number of Topliss-reactive ketones (excluding diaryl/α,β-unsaturated/α-hetero) is 1. The maximum absolute atomic E-state index is 13.4. The molecule has 37 heavy (non-hydrogen) atoms. The van der Waals surface area contributed by atoms with Crippen molar-refractivity contribution in [1.82, 2.24) is 4.98 Å². The number of carbonyl (C=O) groups excluding carboxylic acids is 3. The van der Waals surface area contributed by atoms with Crippen molar-refractivity contribution in [2.45, 2.75) is 33.7 Å². The van der Waals surface area contributed by atoms with Gasteiger partial charge in [-0.2, -0.15) is 0 Å². The summed E-state index contributed by atoms with van der Waals surface area (Å²) < 4.78 is 10.6. The van der Waals surface area contributed by atoms with Crippen LogP contribution < -0.4 is 9.64 Å². The molecular weight excluding hydrogens is 516 g/mol. The topological polar surface area (TPSA) is 106 Å². The Morgan fingerprint density at radius 1 is 1.14 bits per heavy atom. The van der Waals surface area contributed by atoms with E-state index in [0.29, 0.717) is 39.8 Å². The molecule has 1 unspecified atom stereocenters. The molecule has 1 saturated heterocycles. The van der Waals surface area contributed by atoms with Crippen LogP contribution in [0.5, 0.6) is 5.75 Å². The summed E-state index contributed by atoms with van der Waals surface area (Å²) in [5, 5.41) is 11.9.